The summed E-state index contributed by atoms with van der Waals surface area (Å²) in [7, 11) is 0. The van der Waals surface area contributed by atoms with Crippen LogP contribution in [0.4, 0.5) is 4.39 Å². The molecule has 1 aromatic carbocycles. The molecule has 2 unspecified atom stereocenters. The summed E-state index contributed by atoms with van der Waals surface area (Å²) in [4.78, 5) is 0. The lowest BCUT2D eigenvalue weighted by Gasteiger charge is -2.29. The first kappa shape index (κ1) is 11.9. The average Bonchev–Trinajstić information content (AvgIpc) is 2.70. The molecule has 0 aliphatic carbocycles. The van der Waals surface area contributed by atoms with Gasteiger partial charge in [0.15, 0.2) is 0 Å². The fourth-order valence-electron chi connectivity index (χ4n) is 2.15. The highest BCUT2D eigenvalue weighted by Crippen LogP contribution is 2.46. The first-order valence-corrected chi connectivity index (χ1v) is 6.59. The zero-order chi connectivity index (χ0) is 11.8. The Morgan fingerprint density at radius 1 is 1.50 bits per heavy atom. The van der Waals surface area contributed by atoms with E-state index in [4.69, 9.17) is 0 Å². The van der Waals surface area contributed by atoms with Gasteiger partial charge in [0.1, 0.15) is 5.82 Å². The van der Waals surface area contributed by atoms with E-state index in [2.05, 4.69) is 6.92 Å². The second-order valence-corrected chi connectivity index (χ2v) is 6.31. The molecule has 2 rings (SSSR count). The number of benzene rings is 1. The Morgan fingerprint density at radius 3 is 2.81 bits per heavy atom. The Balaban J connectivity index is 2.26. The first-order valence-electron chi connectivity index (χ1n) is 5.61. The third-order valence-corrected chi connectivity index (χ3v) is 4.92. The van der Waals surface area contributed by atoms with Crippen molar-refractivity contribution in [2.75, 3.05) is 5.75 Å². The molecule has 1 N–H and O–H groups in total. The molecular formula is C13H17FOS. The molecule has 0 bridgehead atoms. The number of thioether (sulfide) groups is 1. The van der Waals surface area contributed by atoms with Crippen molar-refractivity contribution in [2.24, 2.45) is 0 Å². The maximum Gasteiger partial charge on any atom is 0.126 e. The molecular weight excluding hydrogens is 223 g/mol. The molecule has 3 heteroatoms. The van der Waals surface area contributed by atoms with Crippen LogP contribution in [0.15, 0.2) is 18.2 Å². The van der Waals surface area contributed by atoms with Crippen LogP contribution in [-0.4, -0.2) is 15.6 Å². The van der Waals surface area contributed by atoms with Crippen LogP contribution in [0.25, 0.3) is 0 Å². The van der Waals surface area contributed by atoms with E-state index >= 15 is 0 Å². The number of hydrogen-bond acceptors (Lipinski definition) is 2. The van der Waals surface area contributed by atoms with Gasteiger partial charge in [0.05, 0.1) is 6.10 Å². The third kappa shape index (κ3) is 2.11. The molecule has 1 aliphatic heterocycles. The maximum atomic E-state index is 13.4. The van der Waals surface area contributed by atoms with Crippen molar-refractivity contribution in [3.63, 3.8) is 0 Å². The SMILES string of the molecule is Cc1ccc(C(O)C2(C)CCCS2)cc1F. The predicted octanol–water partition coefficient (Wildman–Crippen LogP) is 3.45. The van der Waals surface area contributed by atoms with E-state index in [0.29, 0.717) is 11.1 Å². The molecule has 0 spiro atoms. The number of hydrogen-bond donors (Lipinski definition) is 1. The highest BCUT2D eigenvalue weighted by molar-refractivity contribution is 8.00. The summed E-state index contributed by atoms with van der Waals surface area (Å²) >= 11 is 1.79. The van der Waals surface area contributed by atoms with Crippen LogP contribution in [-0.2, 0) is 0 Å². The van der Waals surface area contributed by atoms with Gasteiger partial charge in [-0.25, -0.2) is 4.39 Å². The van der Waals surface area contributed by atoms with Crippen LogP contribution in [0.3, 0.4) is 0 Å². The molecule has 0 amide bonds. The van der Waals surface area contributed by atoms with Crippen molar-refractivity contribution < 1.29 is 9.50 Å². The number of aryl methyl sites for hydroxylation is 1. The summed E-state index contributed by atoms with van der Waals surface area (Å²) in [6.45, 7) is 3.80. The molecule has 88 valence electrons. The van der Waals surface area contributed by atoms with Gasteiger partial charge in [0.2, 0.25) is 0 Å². The van der Waals surface area contributed by atoms with Crippen molar-refractivity contribution in [3.05, 3.63) is 35.1 Å². The summed E-state index contributed by atoms with van der Waals surface area (Å²) in [5.74, 6) is 0.852. The fourth-order valence-corrected chi connectivity index (χ4v) is 3.49. The largest absolute Gasteiger partial charge is 0.387 e. The van der Waals surface area contributed by atoms with Gasteiger partial charge in [-0.05, 0) is 49.6 Å². The van der Waals surface area contributed by atoms with Gasteiger partial charge in [-0.3, -0.25) is 0 Å². The Kier molecular flexibility index (Phi) is 3.27. The Hall–Kier alpha value is -0.540. The highest BCUT2D eigenvalue weighted by Gasteiger charge is 2.37. The van der Waals surface area contributed by atoms with Crippen LogP contribution in [0, 0.1) is 12.7 Å². The van der Waals surface area contributed by atoms with E-state index < -0.39 is 6.10 Å². The first-order chi connectivity index (χ1) is 7.53. The van der Waals surface area contributed by atoms with Crippen molar-refractivity contribution in [1.82, 2.24) is 0 Å². The summed E-state index contributed by atoms with van der Waals surface area (Å²) < 4.78 is 13.3. The molecule has 0 aromatic heterocycles. The topological polar surface area (TPSA) is 20.2 Å². The zero-order valence-corrected chi connectivity index (χ0v) is 10.5. The third-order valence-electron chi connectivity index (χ3n) is 3.34. The molecule has 2 atom stereocenters. The van der Waals surface area contributed by atoms with Crippen LogP contribution in [0.1, 0.15) is 37.0 Å². The van der Waals surface area contributed by atoms with E-state index in [0.717, 1.165) is 18.6 Å². The van der Waals surface area contributed by atoms with E-state index in [1.807, 2.05) is 6.07 Å². The van der Waals surface area contributed by atoms with Gasteiger partial charge in [0, 0.05) is 4.75 Å². The van der Waals surface area contributed by atoms with Crippen molar-refractivity contribution >= 4 is 11.8 Å². The number of aliphatic hydroxyl groups excluding tert-OH is 1. The van der Waals surface area contributed by atoms with Crippen molar-refractivity contribution in [1.29, 1.82) is 0 Å². The molecule has 0 radical (unpaired) electrons. The van der Waals surface area contributed by atoms with Gasteiger partial charge >= 0.3 is 0 Å². The minimum absolute atomic E-state index is 0.151. The molecule has 1 aromatic rings. The lowest BCUT2D eigenvalue weighted by molar-refractivity contribution is 0.134. The van der Waals surface area contributed by atoms with Gasteiger partial charge in [-0.15, -0.1) is 0 Å². The Morgan fingerprint density at radius 2 is 2.25 bits per heavy atom. The standard InChI is InChI=1S/C13H17FOS/c1-9-4-5-10(8-11(9)14)12(15)13(2)6-3-7-16-13/h4-5,8,12,15H,3,6-7H2,1-2H3. The van der Waals surface area contributed by atoms with Gasteiger partial charge in [0.25, 0.3) is 0 Å². The molecule has 1 aliphatic rings. The molecule has 1 fully saturated rings. The molecule has 16 heavy (non-hydrogen) atoms. The van der Waals surface area contributed by atoms with E-state index in [1.54, 1.807) is 24.8 Å². The molecule has 0 saturated carbocycles. The van der Waals surface area contributed by atoms with E-state index in [-0.39, 0.29) is 10.6 Å². The second-order valence-electron chi connectivity index (χ2n) is 4.68. The molecule has 1 nitrogen and oxygen atoms in total. The lowest BCUT2D eigenvalue weighted by Crippen LogP contribution is -2.26. The summed E-state index contributed by atoms with van der Waals surface area (Å²) in [6, 6.07) is 5.02. The summed E-state index contributed by atoms with van der Waals surface area (Å²) in [5.41, 5.74) is 1.32. The maximum absolute atomic E-state index is 13.4. The second kappa shape index (κ2) is 4.38. The van der Waals surface area contributed by atoms with Crippen LogP contribution < -0.4 is 0 Å². The van der Waals surface area contributed by atoms with E-state index in [1.165, 1.54) is 6.07 Å². The highest BCUT2D eigenvalue weighted by atomic mass is 32.2. The number of aliphatic hydroxyl groups is 1. The van der Waals surface area contributed by atoms with Crippen LogP contribution in [0.5, 0.6) is 0 Å². The van der Waals surface area contributed by atoms with Gasteiger partial charge < -0.3 is 5.11 Å². The molecule has 1 saturated heterocycles. The molecule has 1 heterocycles. The van der Waals surface area contributed by atoms with Crippen LogP contribution in [0.2, 0.25) is 0 Å². The quantitative estimate of drug-likeness (QED) is 0.854. The monoisotopic (exact) mass is 240 g/mol. The number of rotatable bonds is 2. The van der Waals surface area contributed by atoms with E-state index in [9.17, 15) is 9.50 Å². The fraction of sp³-hybridized carbons (Fsp3) is 0.538. The Labute approximate surface area is 100 Å². The number of halogens is 1. The smallest absolute Gasteiger partial charge is 0.126 e. The predicted molar refractivity (Wildman–Crippen MR) is 66.2 cm³/mol. The van der Waals surface area contributed by atoms with Gasteiger partial charge in [-0.2, -0.15) is 11.8 Å². The van der Waals surface area contributed by atoms with Gasteiger partial charge in [-0.1, -0.05) is 12.1 Å². The van der Waals surface area contributed by atoms with Crippen molar-refractivity contribution in [2.45, 2.75) is 37.5 Å². The minimum atomic E-state index is -0.574. The lowest BCUT2D eigenvalue weighted by atomic mass is 9.92. The summed E-state index contributed by atoms with van der Waals surface area (Å²) in [6.07, 6.45) is 1.55. The zero-order valence-electron chi connectivity index (χ0n) is 9.66. The van der Waals surface area contributed by atoms with Crippen LogP contribution >= 0.6 is 11.8 Å². The normalized spacial score (nSPS) is 27.0. The van der Waals surface area contributed by atoms with Crippen molar-refractivity contribution in [3.8, 4) is 0 Å². The summed E-state index contributed by atoms with van der Waals surface area (Å²) in [5, 5.41) is 10.3. The average molecular weight is 240 g/mol. The minimum Gasteiger partial charge on any atom is -0.387 e. The Bertz CT molecular complexity index is 386.